The van der Waals surface area contributed by atoms with Crippen LogP contribution in [-0.2, 0) is 28.5 Å². The zero-order valence-corrected chi connectivity index (χ0v) is 40.5. The summed E-state index contributed by atoms with van der Waals surface area (Å²) in [6.07, 6.45) is 3.19. The number of hydrogen-bond acceptors (Lipinski definition) is 19. The normalized spacial score (nSPS) is 43.1. The molecule has 70 heavy (non-hydrogen) atoms. The summed E-state index contributed by atoms with van der Waals surface area (Å²) in [6, 6.07) is -2.29. The Kier molecular flexibility index (Phi) is 26.5. The van der Waals surface area contributed by atoms with Crippen LogP contribution in [0.3, 0.4) is 0 Å². The van der Waals surface area contributed by atoms with Crippen LogP contribution in [0.25, 0.3) is 0 Å². The average Bonchev–Trinajstić information content (AvgIpc) is 3.29. The lowest BCUT2D eigenvalue weighted by molar-refractivity contribution is -0.307. The van der Waals surface area contributed by atoms with Crippen LogP contribution in [0.5, 0.6) is 0 Å². The van der Waals surface area contributed by atoms with Gasteiger partial charge < -0.3 is 91.3 Å². The quantitative estimate of drug-likeness (QED) is 0.143. The van der Waals surface area contributed by atoms with Crippen LogP contribution in [0, 0.1) is 17.8 Å². The van der Waals surface area contributed by atoms with Gasteiger partial charge in [-0.15, -0.1) is 0 Å². The van der Waals surface area contributed by atoms with E-state index in [9.17, 15) is 70.9 Å². The molecule has 3 heterocycles. The van der Waals surface area contributed by atoms with E-state index in [1.807, 2.05) is 13.0 Å². The van der Waals surface area contributed by atoms with E-state index in [2.05, 4.69) is 5.32 Å². The Hall–Kier alpha value is -3.52. The van der Waals surface area contributed by atoms with Crippen LogP contribution in [0.4, 0.5) is 0 Å². The second-order valence-electron chi connectivity index (χ2n) is 18.8. The number of esters is 1. The molecule has 0 aromatic rings. The highest BCUT2D eigenvalue weighted by atomic mass is 16.7. The number of amides is 1. The van der Waals surface area contributed by atoms with Gasteiger partial charge in [-0.2, -0.15) is 0 Å². The zero-order valence-electron chi connectivity index (χ0n) is 40.5. The third-order valence-corrected chi connectivity index (χ3v) is 12.8. The lowest BCUT2D eigenvalue weighted by atomic mass is 9.82. The van der Waals surface area contributed by atoms with E-state index >= 15 is 0 Å². The highest BCUT2D eigenvalue weighted by Crippen LogP contribution is 2.38. The topological polar surface area (TPSA) is 352 Å². The molecule has 8 unspecified atom stereocenters. The third kappa shape index (κ3) is 20.2. The molecule has 15 N–H and O–H groups in total. The van der Waals surface area contributed by atoms with E-state index in [0.717, 1.165) is 0 Å². The summed E-state index contributed by atoms with van der Waals surface area (Å²) in [6.45, 7) is 5.43. The number of allylic oxidation sites excluding steroid dienone is 12. The Labute approximate surface area is 410 Å². The van der Waals surface area contributed by atoms with Crippen LogP contribution >= 0.6 is 0 Å². The largest absolute Gasteiger partial charge is 0.462 e. The van der Waals surface area contributed by atoms with Gasteiger partial charge in [-0.05, 0) is 33.1 Å². The molecular weight excluding hydrogens is 917 g/mol. The van der Waals surface area contributed by atoms with Crippen LogP contribution < -0.4 is 11.1 Å². The molecule has 1 amide bonds. The number of carbonyl (C=O) groups is 2. The summed E-state index contributed by atoms with van der Waals surface area (Å²) in [5.41, 5.74) is 6.07. The minimum atomic E-state index is -2.35. The Balaban J connectivity index is 1.94. The maximum atomic E-state index is 13.7. The van der Waals surface area contributed by atoms with Gasteiger partial charge in [0.25, 0.3) is 0 Å². The average molecular weight is 997 g/mol. The van der Waals surface area contributed by atoms with Gasteiger partial charge in [-0.1, -0.05) is 98.9 Å². The molecule has 0 radical (unpaired) electrons. The third-order valence-electron chi connectivity index (χ3n) is 12.8. The van der Waals surface area contributed by atoms with Gasteiger partial charge in [-0.25, -0.2) is 0 Å². The van der Waals surface area contributed by atoms with Crippen molar-refractivity contribution in [3.05, 3.63) is 85.1 Å². The molecule has 0 saturated carbocycles. The molecule has 3 aliphatic heterocycles. The van der Waals surface area contributed by atoms with Crippen molar-refractivity contribution in [2.45, 2.75) is 183 Å². The van der Waals surface area contributed by atoms with E-state index in [4.69, 9.17) is 24.7 Å². The Morgan fingerprint density at radius 2 is 1.27 bits per heavy atom. The molecule has 19 atom stereocenters. The van der Waals surface area contributed by atoms with Crippen molar-refractivity contribution in [3.63, 3.8) is 0 Å². The van der Waals surface area contributed by atoms with Crippen molar-refractivity contribution in [1.82, 2.24) is 5.32 Å². The van der Waals surface area contributed by atoms with Crippen LogP contribution in [0.15, 0.2) is 85.1 Å². The molecule has 398 valence electrons. The maximum absolute atomic E-state index is 13.7. The van der Waals surface area contributed by atoms with Gasteiger partial charge in [0.15, 0.2) is 12.1 Å². The molecule has 2 bridgehead atoms. The van der Waals surface area contributed by atoms with E-state index in [1.165, 1.54) is 13.0 Å². The van der Waals surface area contributed by atoms with E-state index < -0.39 is 166 Å². The Morgan fingerprint density at radius 3 is 1.86 bits per heavy atom. The van der Waals surface area contributed by atoms with Crippen molar-refractivity contribution in [2.75, 3.05) is 13.2 Å². The fourth-order valence-corrected chi connectivity index (χ4v) is 8.44. The maximum Gasteiger partial charge on any atom is 0.308 e. The molecule has 0 aromatic carbocycles. The molecular formula is C50H80N2O18. The first-order valence-electron chi connectivity index (χ1n) is 24.1. The highest BCUT2D eigenvalue weighted by Gasteiger charge is 2.51. The van der Waals surface area contributed by atoms with E-state index in [1.54, 1.807) is 86.8 Å². The number of aliphatic hydroxyl groups is 12. The first kappa shape index (κ1) is 60.8. The molecule has 3 aliphatic rings. The highest BCUT2D eigenvalue weighted by molar-refractivity contribution is 5.80. The van der Waals surface area contributed by atoms with Gasteiger partial charge in [0.2, 0.25) is 5.91 Å². The van der Waals surface area contributed by atoms with Crippen molar-refractivity contribution in [3.8, 4) is 0 Å². The van der Waals surface area contributed by atoms with Crippen molar-refractivity contribution < 1.29 is 89.8 Å². The molecule has 20 nitrogen and oxygen atoms in total. The Bertz CT molecular complexity index is 1770. The number of hydrogen-bond donors (Lipinski definition) is 14. The predicted octanol–water partition coefficient (Wildman–Crippen LogP) is -0.903. The van der Waals surface area contributed by atoms with Gasteiger partial charge in [-0.3, -0.25) is 9.59 Å². The second kappa shape index (κ2) is 30.5. The number of aliphatic hydroxyl groups excluding tert-OH is 11. The first-order valence-corrected chi connectivity index (χ1v) is 24.1. The zero-order chi connectivity index (χ0) is 52.1. The minimum Gasteiger partial charge on any atom is -0.462 e. The van der Waals surface area contributed by atoms with Gasteiger partial charge in [0.1, 0.15) is 12.2 Å². The minimum absolute atomic E-state index is 0.121. The van der Waals surface area contributed by atoms with E-state index in [-0.39, 0.29) is 31.6 Å². The standard InChI is InChI=1S/C50H80N2O18/c1-29-17-15-13-11-9-7-5-6-8-10-12-14-16-18-37(69-49-47(64)44(51)46(63)32(4)68-49)24-41-43(48(65)52-33(27-53)28-54)40(60)26-50(66,70-41)25-36(57)22-39(59)38(58)20-19-34(55)21-35(56)23-42(61)67-31(3)30(2)45(29)62/h5-18,29-41,43-47,49,53-60,62-64,66H,19-28,51H2,1-4H3,(H,52,65)/b6-5+,9-7+,10-8+,13-11+,14-12+,17-15+,18-16+/t29-,30-,31-,32+,34?,35?,36-,37?,38?,39?,40-,41-,43?,44-,45?,46+,47-,49-,50?/m0/s1. The number of cyclic esters (lactones) is 1. The number of carbonyl (C=O) groups excluding carboxylic acids is 2. The first-order chi connectivity index (χ1) is 33.1. The van der Waals surface area contributed by atoms with Gasteiger partial charge in [0.05, 0.1) is 105 Å². The molecule has 0 aliphatic carbocycles. The second-order valence-corrected chi connectivity index (χ2v) is 18.8. The SMILES string of the molecule is C[C@@H]1OC(=O)CC(O)CC(O)CCC(O)C(O)C[C@H](O)CC2(O)C[C@H](O)C(C(=O)NC(CO)CO)[C@H](CC(O[C@@H]3O[C@H](C)[C@@H](O)[C@H](N)[C@@H]3O)/C=C/C=C/C=C/C=C/C=C/C=C/C=C/[C@H](C)C(O)[C@H]1C)O2. The van der Waals surface area contributed by atoms with Crippen LogP contribution in [0.1, 0.15) is 79.1 Å². The number of nitrogens with two attached hydrogens (primary N) is 1. The number of rotatable bonds is 6. The number of ether oxygens (including phenoxy) is 4. The van der Waals surface area contributed by atoms with Crippen molar-refractivity contribution >= 4 is 11.9 Å². The van der Waals surface area contributed by atoms with Crippen LogP contribution in [0.2, 0.25) is 0 Å². The molecule has 20 heteroatoms. The predicted molar refractivity (Wildman–Crippen MR) is 255 cm³/mol. The summed E-state index contributed by atoms with van der Waals surface area (Å²) < 4.78 is 23.5. The van der Waals surface area contributed by atoms with E-state index in [0.29, 0.717) is 0 Å². The summed E-state index contributed by atoms with van der Waals surface area (Å²) >= 11 is 0. The number of fused-ring (bicyclic) bond motifs is 2. The molecule has 0 aromatic heterocycles. The Morgan fingerprint density at radius 1 is 0.700 bits per heavy atom. The summed E-state index contributed by atoms with van der Waals surface area (Å²) in [4.78, 5) is 26.4. The molecule has 2 saturated heterocycles. The van der Waals surface area contributed by atoms with Crippen molar-refractivity contribution in [2.24, 2.45) is 23.5 Å². The lowest BCUT2D eigenvalue weighted by Gasteiger charge is -2.46. The summed E-state index contributed by atoms with van der Waals surface area (Å²) in [5, 5.41) is 131. The van der Waals surface area contributed by atoms with Crippen molar-refractivity contribution in [1.29, 1.82) is 0 Å². The lowest BCUT2D eigenvalue weighted by Crippen LogP contribution is -2.62. The number of nitrogens with one attached hydrogen (secondary N) is 1. The fraction of sp³-hybridized carbons (Fsp3) is 0.680. The van der Waals surface area contributed by atoms with Gasteiger partial charge >= 0.3 is 5.97 Å². The van der Waals surface area contributed by atoms with Gasteiger partial charge in [0, 0.05) is 37.5 Å². The smallest absolute Gasteiger partial charge is 0.308 e. The fourth-order valence-electron chi connectivity index (χ4n) is 8.44. The molecule has 2 fully saturated rings. The summed E-state index contributed by atoms with van der Waals surface area (Å²) in [7, 11) is 0. The van der Waals surface area contributed by atoms with Crippen LogP contribution in [-0.4, -0.2) is 190 Å². The molecule has 0 spiro atoms. The molecule has 3 rings (SSSR count). The monoisotopic (exact) mass is 997 g/mol. The summed E-state index contributed by atoms with van der Waals surface area (Å²) in [5.74, 6) is -6.18.